The fourth-order valence-corrected chi connectivity index (χ4v) is 9.08. The van der Waals surface area contributed by atoms with E-state index in [2.05, 4.69) is 61.8 Å². The van der Waals surface area contributed by atoms with Crippen molar-refractivity contribution in [2.45, 2.75) is 82.7 Å². The number of benzene rings is 1. The van der Waals surface area contributed by atoms with Crippen LogP contribution in [0.4, 0.5) is 19.0 Å². The lowest BCUT2D eigenvalue weighted by atomic mass is 9.38. The van der Waals surface area contributed by atoms with Crippen LogP contribution in [0, 0.1) is 23.7 Å². The number of hydrogen-bond donors (Lipinski definition) is 2. The van der Waals surface area contributed by atoms with Gasteiger partial charge in [-0.1, -0.05) is 12.6 Å². The number of nitrogens with zero attached hydrogens (tertiary/aromatic N) is 5. The molecule has 4 heterocycles. The second-order valence-electron chi connectivity index (χ2n) is 13.5. The molecule has 0 atom stereocenters. The summed E-state index contributed by atoms with van der Waals surface area (Å²) >= 11 is 1.06. The van der Waals surface area contributed by atoms with Gasteiger partial charge in [-0.05, 0) is 86.3 Å². The summed E-state index contributed by atoms with van der Waals surface area (Å²) in [6.45, 7) is 9.05. The van der Waals surface area contributed by atoms with Crippen molar-refractivity contribution >= 4 is 44.2 Å². The second-order valence-corrected chi connectivity index (χ2v) is 14.6. The molecular formula is C34H36F3N7OS. The number of nitrogens with one attached hydrogen (secondary N) is 2. The molecule has 3 aliphatic carbocycles. The van der Waals surface area contributed by atoms with Crippen LogP contribution in [-0.2, 0) is 24.3 Å². The van der Waals surface area contributed by atoms with E-state index in [1.807, 2.05) is 6.07 Å². The minimum atomic E-state index is -4.26. The zero-order chi connectivity index (χ0) is 32.3. The molecule has 1 aromatic carbocycles. The van der Waals surface area contributed by atoms with Crippen LogP contribution in [0.25, 0.3) is 21.1 Å². The number of aromatic nitrogens is 3. The van der Waals surface area contributed by atoms with E-state index in [1.54, 1.807) is 6.07 Å². The number of fused-ring (bicyclic) bond motifs is 2. The molecule has 3 saturated carbocycles. The number of aryl methyl sites for hydroxylation is 2. The van der Waals surface area contributed by atoms with Crippen LogP contribution >= 0.6 is 11.3 Å². The van der Waals surface area contributed by atoms with Crippen LogP contribution in [0.2, 0.25) is 0 Å². The summed E-state index contributed by atoms with van der Waals surface area (Å²) < 4.78 is 41.0. The Morgan fingerprint density at radius 3 is 2.65 bits per heavy atom. The van der Waals surface area contributed by atoms with Crippen LogP contribution in [-0.4, -0.2) is 56.2 Å². The Morgan fingerprint density at radius 1 is 1.20 bits per heavy atom. The number of nitriles is 1. The fraction of sp³-hybridized carbons (Fsp3) is 0.471. The van der Waals surface area contributed by atoms with Gasteiger partial charge in [-0.3, -0.25) is 9.69 Å². The van der Waals surface area contributed by atoms with Crippen molar-refractivity contribution in [3.63, 3.8) is 0 Å². The lowest BCUT2D eigenvalue weighted by Gasteiger charge is -2.71. The average Bonchev–Trinajstić information content (AvgIpc) is 3.56. The molecule has 2 bridgehead atoms. The van der Waals surface area contributed by atoms with E-state index in [0.717, 1.165) is 86.9 Å². The predicted octanol–water partition coefficient (Wildman–Crippen LogP) is 6.62. The van der Waals surface area contributed by atoms with Crippen LogP contribution in [0.5, 0.6) is 0 Å². The van der Waals surface area contributed by atoms with Crippen molar-refractivity contribution in [2.75, 3.05) is 18.4 Å². The van der Waals surface area contributed by atoms with E-state index >= 15 is 0 Å². The Kier molecular flexibility index (Phi) is 7.60. The van der Waals surface area contributed by atoms with Gasteiger partial charge in [0.05, 0.1) is 11.8 Å². The first-order valence-electron chi connectivity index (χ1n) is 15.7. The van der Waals surface area contributed by atoms with E-state index in [9.17, 15) is 23.2 Å². The molecule has 240 valence electrons. The Bertz CT molecular complexity index is 1860. The average molecular weight is 648 g/mol. The molecule has 0 radical (unpaired) electrons. The third kappa shape index (κ3) is 5.75. The fourth-order valence-electron chi connectivity index (χ4n) is 8.06. The monoisotopic (exact) mass is 647 g/mol. The maximum atomic E-state index is 12.9. The standard InChI is InChI=1S/C34H36F3N7OS/c1-3-29(45)42-33-17-32(18-33,19-33)8-11-44-24(15-38)12-26-21(2)22(4-5-28(26)44)16-43-9-6-23(7-10-43)41-30-27-13-25(14-34(35,36)37)46-31(27)40-20-39-30/h3-5,12-13,20,23H,1,6-11,14,16-19H2,2H3,(H,42,45)(H,39,40,41). The summed E-state index contributed by atoms with van der Waals surface area (Å²) in [4.78, 5) is 23.5. The maximum absolute atomic E-state index is 12.9. The van der Waals surface area contributed by atoms with Crippen LogP contribution in [0.3, 0.4) is 0 Å². The highest BCUT2D eigenvalue weighted by Crippen LogP contribution is 2.69. The summed E-state index contributed by atoms with van der Waals surface area (Å²) in [5.41, 5.74) is 4.41. The highest BCUT2D eigenvalue weighted by molar-refractivity contribution is 7.18. The Hall–Kier alpha value is -3.95. The third-order valence-corrected chi connectivity index (χ3v) is 11.3. The van der Waals surface area contributed by atoms with Gasteiger partial charge in [0.2, 0.25) is 5.91 Å². The first kappa shape index (κ1) is 30.7. The number of alkyl halides is 3. The van der Waals surface area contributed by atoms with Crippen molar-refractivity contribution in [1.82, 2.24) is 24.8 Å². The highest BCUT2D eigenvalue weighted by atomic mass is 32.1. The topological polar surface area (TPSA) is 98.9 Å². The molecule has 46 heavy (non-hydrogen) atoms. The van der Waals surface area contributed by atoms with E-state index in [1.165, 1.54) is 23.5 Å². The number of carbonyl (C=O) groups excluding carboxylic acids is 1. The molecule has 4 aliphatic rings. The quantitative estimate of drug-likeness (QED) is 0.188. The second kappa shape index (κ2) is 11.4. The van der Waals surface area contributed by atoms with Gasteiger partial charge < -0.3 is 15.2 Å². The number of thiophene rings is 1. The number of anilines is 1. The molecule has 1 saturated heterocycles. The molecule has 8 nitrogen and oxygen atoms in total. The van der Waals surface area contributed by atoms with Crippen molar-refractivity contribution < 1.29 is 18.0 Å². The molecular weight excluding hydrogens is 611 g/mol. The first-order valence-corrected chi connectivity index (χ1v) is 16.5. The van der Waals surface area contributed by atoms with Crippen molar-refractivity contribution in [2.24, 2.45) is 5.41 Å². The first-order chi connectivity index (χ1) is 22.0. The summed E-state index contributed by atoms with van der Waals surface area (Å²) in [5.74, 6) is 0.495. The Balaban J connectivity index is 0.968. The van der Waals surface area contributed by atoms with Gasteiger partial charge in [-0.15, -0.1) is 11.3 Å². The number of rotatable bonds is 10. The molecule has 0 spiro atoms. The summed E-state index contributed by atoms with van der Waals surface area (Å²) in [6.07, 6.45) is 3.29. The summed E-state index contributed by atoms with van der Waals surface area (Å²) in [5, 5.41) is 18.3. The number of carbonyl (C=O) groups is 1. The largest absolute Gasteiger partial charge is 0.393 e. The predicted molar refractivity (Wildman–Crippen MR) is 172 cm³/mol. The lowest BCUT2D eigenvalue weighted by molar-refractivity contribution is -0.167. The zero-order valence-corrected chi connectivity index (χ0v) is 26.5. The van der Waals surface area contributed by atoms with Gasteiger partial charge >= 0.3 is 6.18 Å². The molecule has 1 amide bonds. The minimum Gasteiger partial charge on any atom is -0.367 e. The molecule has 8 rings (SSSR count). The van der Waals surface area contributed by atoms with Crippen LogP contribution < -0.4 is 10.6 Å². The van der Waals surface area contributed by atoms with Gasteiger partial charge in [-0.2, -0.15) is 18.4 Å². The van der Waals surface area contributed by atoms with Crippen LogP contribution in [0.1, 0.15) is 60.2 Å². The number of hydrogen-bond acceptors (Lipinski definition) is 7. The van der Waals surface area contributed by atoms with E-state index in [0.29, 0.717) is 21.7 Å². The smallest absolute Gasteiger partial charge is 0.367 e. The van der Waals surface area contributed by atoms with E-state index in [-0.39, 0.29) is 27.8 Å². The molecule has 4 aromatic rings. The molecule has 3 aromatic heterocycles. The van der Waals surface area contributed by atoms with Gasteiger partial charge in [0, 0.05) is 53.5 Å². The normalized spacial score (nSPS) is 23.1. The molecule has 1 aliphatic heterocycles. The lowest BCUT2D eigenvalue weighted by Crippen LogP contribution is -2.74. The number of amides is 1. The minimum absolute atomic E-state index is 0.0474. The molecule has 0 unspecified atom stereocenters. The van der Waals surface area contributed by atoms with Crippen molar-refractivity contribution in [3.05, 3.63) is 64.9 Å². The van der Waals surface area contributed by atoms with Gasteiger partial charge in [0.15, 0.2) is 0 Å². The maximum Gasteiger partial charge on any atom is 0.393 e. The Labute approximate surface area is 269 Å². The van der Waals surface area contributed by atoms with Gasteiger partial charge in [0.25, 0.3) is 0 Å². The molecule has 4 fully saturated rings. The number of halogens is 3. The van der Waals surface area contributed by atoms with E-state index < -0.39 is 12.6 Å². The third-order valence-electron chi connectivity index (χ3n) is 10.2. The number of likely N-dealkylation sites (tertiary alicyclic amines) is 1. The summed E-state index contributed by atoms with van der Waals surface area (Å²) in [6, 6.07) is 10.5. The zero-order valence-electron chi connectivity index (χ0n) is 25.7. The highest BCUT2D eigenvalue weighted by Gasteiger charge is 2.67. The SMILES string of the molecule is C=CC(=O)NC12CC(CCn3c(C#N)cc4c(C)c(CN5CCC(Nc6ncnc7sc(CC(F)(F)F)cc67)CC5)ccc43)(C1)C2. The molecule has 2 N–H and O–H groups in total. The van der Waals surface area contributed by atoms with Crippen molar-refractivity contribution in [1.29, 1.82) is 5.26 Å². The Morgan fingerprint density at radius 2 is 1.96 bits per heavy atom. The summed E-state index contributed by atoms with van der Waals surface area (Å²) in [7, 11) is 0. The van der Waals surface area contributed by atoms with E-state index in [4.69, 9.17) is 0 Å². The van der Waals surface area contributed by atoms with Gasteiger partial charge in [0.1, 0.15) is 28.7 Å². The number of piperidine rings is 1. The van der Waals surface area contributed by atoms with Gasteiger partial charge in [-0.25, -0.2) is 9.97 Å². The van der Waals surface area contributed by atoms with Crippen LogP contribution in [0.15, 0.2) is 43.2 Å². The molecule has 12 heteroatoms. The van der Waals surface area contributed by atoms with Crippen molar-refractivity contribution in [3.8, 4) is 6.07 Å².